The monoisotopic (exact) mass is 498 g/mol. The van der Waals surface area contributed by atoms with E-state index in [1.807, 2.05) is 25.1 Å². The Morgan fingerprint density at radius 1 is 1.09 bits per heavy atom. The summed E-state index contributed by atoms with van der Waals surface area (Å²) in [7, 11) is 0. The van der Waals surface area contributed by atoms with Crippen LogP contribution < -0.4 is 0 Å². The van der Waals surface area contributed by atoms with Gasteiger partial charge in [-0.2, -0.15) is 13.2 Å². The Labute approximate surface area is 201 Å². The molecule has 4 nitrogen and oxygen atoms in total. The van der Waals surface area contributed by atoms with Crippen molar-refractivity contribution in [2.75, 3.05) is 39.3 Å². The fraction of sp³-hybridized carbons (Fsp3) is 0.458. The molecule has 2 fully saturated rings. The van der Waals surface area contributed by atoms with Gasteiger partial charge < -0.3 is 15.1 Å². The lowest BCUT2D eigenvalue weighted by atomic mass is 10.0. The lowest BCUT2D eigenvalue weighted by Gasteiger charge is -2.25. The van der Waals surface area contributed by atoms with E-state index in [1.165, 1.54) is 12.1 Å². The molecular weight excluding hydrogens is 474 g/mol. The molecule has 2 aromatic rings. The Hall–Kier alpha value is -1.96. The maximum Gasteiger partial charge on any atom is 0.417 e. The van der Waals surface area contributed by atoms with Crippen molar-refractivity contribution in [3.63, 3.8) is 0 Å². The Kier molecular flexibility index (Phi) is 7.12. The third-order valence-electron chi connectivity index (χ3n) is 6.47. The van der Waals surface area contributed by atoms with Crippen molar-refractivity contribution in [1.82, 2.24) is 9.80 Å². The first-order valence-electron chi connectivity index (χ1n) is 10.9. The lowest BCUT2D eigenvalue weighted by Crippen LogP contribution is -2.34. The molecule has 2 heterocycles. The van der Waals surface area contributed by atoms with Gasteiger partial charge in [0.1, 0.15) is 0 Å². The molecule has 9 heteroatoms. The second-order valence-corrected chi connectivity index (χ2v) is 9.61. The number of alkyl halides is 3. The van der Waals surface area contributed by atoms with E-state index in [0.29, 0.717) is 36.5 Å². The van der Waals surface area contributed by atoms with E-state index in [4.69, 9.17) is 23.2 Å². The average Bonchev–Trinajstić information content (AvgIpc) is 3.31. The van der Waals surface area contributed by atoms with Crippen molar-refractivity contribution in [2.24, 2.45) is 11.8 Å². The Morgan fingerprint density at radius 2 is 1.79 bits per heavy atom. The number of carbonyl (C=O) groups excluding carboxylic acids is 1. The predicted octanol–water partition coefficient (Wildman–Crippen LogP) is 6.42. The highest BCUT2D eigenvalue weighted by atomic mass is 35.5. The summed E-state index contributed by atoms with van der Waals surface area (Å²) in [6.45, 7) is 6.42. The molecule has 2 unspecified atom stereocenters. The summed E-state index contributed by atoms with van der Waals surface area (Å²) in [5.41, 5.74) is 0.855. The molecule has 0 spiro atoms. The second kappa shape index (κ2) is 9.72. The maximum atomic E-state index is 13.1. The van der Waals surface area contributed by atoms with Crippen LogP contribution in [0.5, 0.6) is 0 Å². The van der Waals surface area contributed by atoms with Crippen molar-refractivity contribution >= 4 is 34.8 Å². The van der Waals surface area contributed by atoms with Crippen LogP contribution in [0.3, 0.4) is 0 Å². The number of carbonyl (C=O) groups is 1. The van der Waals surface area contributed by atoms with Gasteiger partial charge in [0.05, 0.1) is 16.1 Å². The number of likely N-dealkylation sites (tertiary alicyclic amines) is 2. The van der Waals surface area contributed by atoms with Gasteiger partial charge in [-0.05, 0) is 43.0 Å². The number of fused-ring (bicyclic) bond motifs is 1. The molecule has 1 amide bonds. The smallest absolute Gasteiger partial charge is 0.417 e. The van der Waals surface area contributed by atoms with Crippen molar-refractivity contribution in [2.45, 2.75) is 19.5 Å². The van der Waals surface area contributed by atoms with Crippen LogP contribution in [0.15, 0.2) is 36.4 Å². The van der Waals surface area contributed by atoms with E-state index < -0.39 is 22.7 Å². The topological polar surface area (TPSA) is 37.7 Å². The van der Waals surface area contributed by atoms with Crippen LogP contribution in [0.4, 0.5) is 18.9 Å². The molecule has 2 aromatic carbocycles. The van der Waals surface area contributed by atoms with E-state index in [-0.39, 0.29) is 5.56 Å². The highest BCUT2D eigenvalue weighted by Crippen LogP contribution is 2.38. The zero-order chi connectivity index (χ0) is 23.8. The van der Waals surface area contributed by atoms with E-state index in [2.05, 4.69) is 10.2 Å². The van der Waals surface area contributed by atoms with Crippen LogP contribution >= 0.6 is 23.2 Å². The Bertz CT molecular complexity index is 1020. The van der Waals surface area contributed by atoms with Gasteiger partial charge in [0.15, 0.2) is 0 Å². The summed E-state index contributed by atoms with van der Waals surface area (Å²) in [5, 5.41) is 4.78. The number of aryl methyl sites for hydroxylation is 1. The van der Waals surface area contributed by atoms with Crippen molar-refractivity contribution in [3.05, 3.63) is 68.5 Å². The molecule has 0 aliphatic carbocycles. The number of benzene rings is 2. The van der Waals surface area contributed by atoms with Gasteiger partial charge in [0.25, 0.3) is 5.91 Å². The summed E-state index contributed by atoms with van der Waals surface area (Å²) in [6, 6.07) is 9.29. The van der Waals surface area contributed by atoms with E-state index in [9.17, 15) is 18.0 Å². The number of hydrogen-bond donors (Lipinski definition) is 0. The third kappa shape index (κ3) is 5.42. The van der Waals surface area contributed by atoms with Gasteiger partial charge >= 0.3 is 6.18 Å². The van der Waals surface area contributed by atoms with E-state index in [1.54, 1.807) is 4.90 Å². The molecule has 2 saturated heterocycles. The molecule has 2 aliphatic heterocycles. The zero-order valence-electron chi connectivity index (χ0n) is 18.2. The molecule has 0 radical (unpaired) electrons. The highest BCUT2D eigenvalue weighted by Gasteiger charge is 2.42. The quantitative estimate of drug-likeness (QED) is 0.431. The molecule has 178 valence electrons. The van der Waals surface area contributed by atoms with Crippen LogP contribution in [0.2, 0.25) is 10.0 Å². The van der Waals surface area contributed by atoms with E-state index >= 15 is 0 Å². The first kappa shape index (κ1) is 24.2. The van der Waals surface area contributed by atoms with Gasteiger partial charge in [0, 0.05) is 31.2 Å². The molecule has 4 rings (SSSR count). The third-order valence-corrected chi connectivity index (χ3v) is 7.28. The lowest BCUT2D eigenvalue weighted by molar-refractivity contribution is -0.137. The van der Waals surface area contributed by atoms with Crippen LogP contribution in [-0.2, 0) is 6.18 Å². The van der Waals surface area contributed by atoms with E-state index in [0.717, 1.165) is 43.4 Å². The summed E-state index contributed by atoms with van der Waals surface area (Å²) >= 11 is 12.1. The van der Waals surface area contributed by atoms with Crippen LogP contribution in [0.25, 0.3) is 5.32 Å². The number of nitrogens with zero attached hydrogens (tertiary/aromatic N) is 3. The predicted molar refractivity (Wildman–Crippen MR) is 124 cm³/mol. The number of rotatable bonds is 6. The molecule has 2 aliphatic rings. The van der Waals surface area contributed by atoms with Gasteiger partial charge in [-0.25, -0.2) is 0 Å². The molecule has 0 aromatic heterocycles. The van der Waals surface area contributed by atoms with Gasteiger partial charge in [-0.1, -0.05) is 53.9 Å². The van der Waals surface area contributed by atoms with Crippen molar-refractivity contribution < 1.29 is 18.0 Å². The van der Waals surface area contributed by atoms with Gasteiger partial charge in [-0.15, -0.1) is 12.2 Å². The second-order valence-electron chi connectivity index (χ2n) is 8.82. The van der Waals surface area contributed by atoms with Gasteiger partial charge in [0.2, 0.25) is 0 Å². The summed E-state index contributed by atoms with van der Waals surface area (Å²) in [6.07, 6.45) is -3.67. The number of amides is 1. The fourth-order valence-corrected chi connectivity index (χ4v) is 5.20. The first-order valence-corrected chi connectivity index (χ1v) is 11.7. The molecule has 2 atom stereocenters. The normalized spacial score (nSPS) is 20.8. The summed E-state index contributed by atoms with van der Waals surface area (Å²) in [5.74, 6) is 0.223. The first-order chi connectivity index (χ1) is 15.6. The molecular formula is C24H25Cl2F3N3O-. The number of hydrogen-bond acceptors (Lipinski definition) is 2. The minimum absolute atomic E-state index is 0.0823. The minimum Gasteiger partial charge on any atom is -0.684 e. The van der Waals surface area contributed by atoms with Crippen LogP contribution in [0, 0.1) is 18.8 Å². The van der Waals surface area contributed by atoms with Crippen LogP contribution in [-0.4, -0.2) is 55.0 Å². The molecule has 0 N–H and O–H groups in total. The average molecular weight is 499 g/mol. The molecule has 33 heavy (non-hydrogen) atoms. The molecule has 0 saturated carbocycles. The standard InChI is InChI=1S/C24H25Cl2F3N3O/c1-15-6-7-18(10-21(15)25)30-8-3-9-31-11-16-13-32(14-17(16)12-31)23(33)19-4-2-5-20(22(19)26)24(27,28)29/h2,4-7,10,16-17H,3,8-9,11-14H2,1H3/q-1. The maximum absolute atomic E-state index is 13.1. The van der Waals surface area contributed by atoms with Crippen molar-refractivity contribution in [3.8, 4) is 0 Å². The Morgan fingerprint density at radius 3 is 2.42 bits per heavy atom. The summed E-state index contributed by atoms with van der Waals surface area (Å²) in [4.78, 5) is 16.9. The minimum atomic E-state index is -4.59. The van der Waals surface area contributed by atoms with Crippen LogP contribution in [0.1, 0.15) is 27.9 Å². The summed E-state index contributed by atoms with van der Waals surface area (Å²) < 4.78 is 39.4. The Balaban J connectivity index is 1.26. The van der Waals surface area contributed by atoms with Crippen molar-refractivity contribution in [1.29, 1.82) is 0 Å². The van der Waals surface area contributed by atoms with Gasteiger partial charge in [-0.3, -0.25) is 4.79 Å². The number of halogens is 5. The SMILES string of the molecule is Cc1ccc([N-]CCCN2CC3CN(C(=O)c4cccc(C(F)(F)F)c4Cl)CC3C2)cc1Cl. The fourth-order valence-electron chi connectivity index (χ4n) is 4.71. The largest absolute Gasteiger partial charge is 0.684 e. The highest BCUT2D eigenvalue weighted by molar-refractivity contribution is 6.34. The molecule has 0 bridgehead atoms. The zero-order valence-corrected chi connectivity index (χ0v) is 19.7.